The first-order chi connectivity index (χ1) is 7.81. The Morgan fingerprint density at radius 3 is 2.62 bits per heavy atom. The van der Waals surface area contributed by atoms with Gasteiger partial charge in [0.25, 0.3) is 0 Å². The van der Waals surface area contributed by atoms with Crippen LogP contribution in [0.5, 0.6) is 11.5 Å². The molecule has 0 unspecified atom stereocenters. The van der Waals surface area contributed by atoms with Gasteiger partial charge in [-0.15, -0.1) is 0 Å². The van der Waals surface area contributed by atoms with Crippen LogP contribution in [0.3, 0.4) is 0 Å². The zero-order valence-corrected chi connectivity index (χ0v) is 8.79. The average Bonchev–Trinajstić information content (AvgIpc) is 2.31. The molecule has 0 aliphatic heterocycles. The van der Waals surface area contributed by atoms with Crippen LogP contribution in [0.15, 0.2) is 30.9 Å². The van der Waals surface area contributed by atoms with Gasteiger partial charge in [-0.25, -0.2) is 15.0 Å². The number of nitrogens with zero attached hydrogens (tertiary/aromatic N) is 3. The van der Waals surface area contributed by atoms with Gasteiger partial charge in [0.1, 0.15) is 24.2 Å². The predicted octanol–water partition coefficient (Wildman–Crippen LogP) is 1.64. The van der Waals surface area contributed by atoms with E-state index in [1.807, 2.05) is 6.92 Å². The Hall–Kier alpha value is -2.17. The summed E-state index contributed by atoms with van der Waals surface area (Å²) in [7, 11) is 0. The van der Waals surface area contributed by atoms with Crippen LogP contribution < -0.4 is 4.74 Å². The molecule has 82 valence electrons. The molecule has 16 heavy (non-hydrogen) atoms. The summed E-state index contributed by atoms with van der Waals surface area (Å²) < 4.78 is 5.26. The summed E-state index contributed by atoms with van der Waals surface area (Å²) in [6.07, 6.45) is 2.77. The summed E-state index contributed by atoms with van der Waals surface area (Å²) in [5.74, 6) is 1.16. The molecule has 0 saturated heterocycles. The first-order valence-corrected chi connectivity index (χ1v) is 4.89. The van der Waals surface area contributed by atoms with Crippen LogP contribution in [-0.2, 0) is 0 Å². The highest BCUT2D eigenvalue weighted by atomic mass is 16.5. The Labute approximate surface area is 92.8 Å². The van der Waals surface area contributed by atoms with Crippen LogP contribution in [0.1, 0.15) is 6.92 Å². The van der Waals surface area contributed by atoms with Crippen molar-refractivity contribution in [2.45, 2.75) is 6.92 Å². The first-order valence-electron chi connectivity index (χ1n) is 4.89. The highest BCUT2D eigenvalue weighted by molar-refractivity contribution is 5.64. The third-order valence-electron chi connectivity index (χ3n) is 2.01. The highest BCUT2D eigenvalue weighted by Crippen LogP contribution is 2.29. The first kappa shape index (κ1) is 10.4. The molecule has 5 heteroatoms. The molecule has 0 aliphatic rings. The Morgan fingerprint density at radius 2 is 2.00 bits per heavy atom. The maximum atomic E-state index is 9.79. The van der Waals surface area contributed by atoms with Gasteiger partial charge >= 0.3 is 0 Å². The van der Waals surface area contributed by atoms with E-state index in [4.69, 9.17) is 4.74 Å². The van der Waals surface area contributed by atoms with Gasteiger partial charge in [-0.3, -0.25) is 0 Å². The Morgan fingerprint density at radius 1 is 1.25 bits per heavy atom. The van der Waals surface area contributed by atoms with Gasteiger partial charge < -0.3 is 9.84 Å². The fourth-order valence-electron chi connectivity index (χ4n) is 1.34. The van der Waals surface area contributed by atoms with Gasteiger partial charge in [-0.05, 0) is 19.1 Å². The second-order valence-corrected chi connectivity index (χ2v) is 3.07. The number of aromatic nitrogens is 3. The lowest BCUT2D eigenvalue weighted by Gasteiger charge is -2.06. The normalized spacial score (nSPS) is 10.1. The van der Waals surface area contributed by atoms with Crippen molar-refractivity contribution in [3.8, 4) is 22.9 Å². The van der Waals surface area contributed by atoms with E-state index in [9.17, 15) is 5.11 Å². The third-order valence-corrected chi connectivity index (χ3v) is 2.01. The smallest absolute Gasteiger partial charge is 0.166 e. The zero-order valence-electron chi connectivity index (χ0n) is 8.79. The molecule has 0 atom stereocenters. The maximum Gasteiger partial charge on any atom is 0.166 e. The van der Waals surface area contributed by atoms with Crippen molar-refractivity contribution in [1.29, 1.82) is 0 Å². The molecule has 0 saturated carbocycles. The second-order valence-electron chi connectivity index (χ2n) is 3.07. The SMILES string of the molecule is CCOc1ccc(-c2ncncn2)c(O)c1. The predicted molar refractivity (Wildman–Crippen MR) is 58.1 cm³/mol. The fourth-order valence-corrected chi connectivity index (χ4v) is 1.34. The van der Waals surface area contributed by atoms with Crippen LogP contribution in [0.2, 0.25) is 0 Å². The highest BCUT2D eigenvalue weighted by Gasteiger charge is 2.07. The summed E-state index contributed by atoms with van der Waals surface area (Å²) in [4.78, 5) is 11.6. The number of aromatic hydroxyl groups is 1. The summed E-state index contributed by atoms with van der Waals surface area (Å²) >= 11 is 0. The van der Waals surface area contributed by atoms with Crippen LogP contribution in [-0.4, -0.2) is 26.7 Å². The minimum atomic E-state index is 0.0946. The monoisotopic (exact) mass is 217 g/mol. The molecular weight excluding hydrogens is 206 g/mol. The average molecular weight is 217 g/mol. The molecule has 0 bridgehead atoms. The number of hydrogen-bond donors (Lipinski definition) is 1. The molecule has 0 spiro atoms. The topological polar surface area (TPSA) is 68.1 Å². The van der Waals surface area contributed by atoms with E-state index in [-0.39, 0.29) is 5.75 Å². The van der Waals surface area contributed by atoms with Crippen molar-refractivity contribution < 1.29 is 9.84 Å². The summed E-state index contributed by atoms with van der Waals surface area (Å²) in [5.41, 5.74) is 0.561. The van der Waals surface area contributed by atoms with E-state index in [1.54, 1.807) is 18.2 Å². The van der Waals surface area contributed by atoms with E-state index in [1.165, 1.54) is 12.7 Å². The maximum absolute atomic E-state index is 9.79. The second kappa shape index (κ2) is 4.57. The molecule has 1 aromatic carbocycles. The molecule has 5 nitrogen and oxygen atoms in total. The molecule has 0 radical (unpaired) electrons. The largest absolute Gasteiger partial charge is 0.507 e. The summed E-state index contributed by atoms with van der Waals surface area (Å²) in [6, 6.07) is 5.03. The molecular formula is C11H11N3O2. The Balaban J connectivity index is 2.37. The standard InChI is InChI=1S/C11H11N3O2/c1-2-16-8-3-4-9(10(15)5-8)11-13-6-12-7-14-11/h3-7,15H,2H2,1H3. The minimum Gasteiger partial charge on any atom is -0.507 e. The van der Waals surface area contributed by atoms with Crippen LogP contribution in [0.4, 0.5) is 0 Å². The van der Waals surface area contributed by atoms with E-state index in [2.05, 4.69) is 15.0 Å². The van der Waals surface area contributed by atoms with Gasteiger partial charge in [0, 0.05) is 6.07 Å². The molecule has 2 aromatic rings. The zero-order chi connectivity index (χ0) is 11.4. The molecule has 1 heterocycles. The lowest BCUT2D eigenvalue weighted by molar-refractivity contribution is 0.338. The van der Waals surface area contributed by atoms with Crippen LogP contribution in [0.25, 0.3) is 11.4 Å². The molecule has 1 N–H and O–H groups in total. The minimum absolute atomic E-state index is 0.0946. The summed E-state index contributed by atoms with van der Waals surface area (Å²) in [6.45, 7) is 2.45. The summed E-state index contributed by atoms with van der Waals surface area (Å²) in [5, 5.41) is 9.79. The lowest BCUT2D eigenvalue weighted by Crippen LogP contribution is -1.93. The molecule has 0 amide bonds. The molecule has 0 fully saturated rings. The van der Waals surface area contributed by atoms with Gasteiger partial charge in [0.15, 0.2) is 5.82 Å². The quantitative estimate of drug-likeness (QED) is 0.846. The van der Waals surface area contributed by atoms with E-state index < -0.39 is 0 Å². The van der Waals surface area contributed by atoms with Gasteiger partial charge in [0.05, 0.1) is 12.2 Å². The van der Waals surface area contributed by atoms with Crippen LogP contribution in [0, 0.1) is 0 Å². The van der Waals surface area contributed by atoms with Crippen LogP contribution >= 0.6 is 0 Å². The van der Waals surface area contributed by atoms with Gasteiger partial charge in [0.2, 0.25) is 0 Å². The number of ether oxygens (including phenoxy) is 1. The molecule has 1 aromatic heterocycles. The van der Waals surface area contributed by atoms with Crippen molar-refractivity contribution in [2.75, 3.05) is 6.61 Å². The van der Waals surface area contributed by atoms with Crippen molar-refractivity contribution in [1.82, 2.24) is 15.0 Å². The van der Waals surface area contributed by atoms with Crippen molar-refractivity contribution in [3.63, 3.8) is 0 Å². The van der Waals surface area contributed by atoms with Crippen molar-refractivity contribution in [2.24, 2.45) is 0 Å². The fraction of sp³-hybridized carbons (Fsp3) is 0.182. The molecule has 2 rings (SSSR count). The van der Waals surface area contributed by atoms with Crippen molar-refractivity contribution in [3.05, 3.63) is 30.9 Å². The van der Waals surface area contributed by atoms with Crippen molar-refractivity contribution >= 4 is 0 Å². The molecule has 0 aliphatic carbocycles. The van der Waals surface area contributed by atoms with E-state index in [0.29, 0.717) is 23.7 Å². The Bertz CT molecular complexity index is 474. The van der Waals surface area contributed by atoms with Gasteiger partial charge in [-0.2, -0.15) is 0 Å². The Kier molecular flexibility index (Phi) is 2.95. The third kappa shape index (κ3) is 2.08. The number of hydrogen-bond acceptors (Lipinski definition) is 5. The van der Waals surface area contributed by atoms with Gasteiger partial charge in [-0.1, -0.05) is 0 Å². The number of rotatable bonds is 3. The number of benzene rings is 1. The van der Waals surface area contributed by atoms with E-state index >= 15 is 0 Å². The van der Waals surface area contributed by atoms with E-state index in [0.717, 1.165) is 0 Å². The number of phenolic OH excluding ortho intramolecular Hbond substituents is 1. The number of phenols is 1. The lowest BCUT2D eigenvalue weighted by atomic mass is 10.2.